The summed E-state index contributed by atoms with van der Waals surface area (Å²) in [6, 6.07) is 2.15. The van der Waals surface area contributed by atoms with Crippen LogP contribution in [-0.2, 0) is 6.54 Å². The SMILES string of the molecule is CNc1ncnc(N(C)Cc2csc(Br)c2)c1C(C)C. The van der Waals surface area contributed by atoms with Crippen molar-refractivity contribution in [1.29, 1.82) is 0 Å². The Kier molecular flexibility index (Phi) is 4.99. The van der Waals surface area contributed by atoms with Crippen molar-refractivity contribution in [2.24, 2.45) is 0 Å². The van der Waals surface area contributed by atoms with Crippen LogP contribution in [0, 0.1) is 0 Å². The predicted octanol–water partition coefficient (Wildman–Crippen LogP) is 4.10. The Bertz CT molecular complexity index is 582. The number of aromatic nitrogens is 2. The highest BCUT2D eigenvalue weighted by molar-refractivity contribution is 9.11. The Morgan fingerprint density at radius 2 is 2.15 bits per heavy atom. The fraction of sp³-hybridized carbons (Fsp3) is 0.429. The molecule has 0 aliphatic carbocycles. The maximum absolute atomic E-state index is 4.48. The van der Waals surface area contributed by atoms with Gasteiger partial charge in [0.05, 0.1) is 3.79 Å². The van der Waals surface area contributed by atoms with E-state index in [2.05, 4.69) is 68.5 Å². The standard InChI is InChI=1S/C14H19BrN4S/c1-9(2)12-13(16-3)17-8-18-14(12)19(4)6-10-5-11(15)20-7-10/h5,7-9H,6H2,1-4H3,(H,16,17,18). The van der Waals surface area contributed by atoms with Crippen molar-refractivity contribution in [3.63, 3.8) is 0 Å². The molecule has 0 atom stereocenters. The molecule has 0 saturated carbocycles. The minimum Gasteiger partial charge on any atom is -0.373 e. The summed E-state index contributed by atoms with van der Waals surface area (Å²) in [5.41, 5.74) is 2.44. The van der Waals surface area contributed by atoms with Crippen molar-refractivity contribution in [2.45, 2.75) is 26.3 Å². The van der Waals surface area contributed by atoms with Crippen molar-refractivity contribution in [3.8, 4) is 0 Å². The molecule has 2 aromatic heterocycles. The molecule has 0 fully saturated rings. The predicted molar refractivity (Wildman–Crippen MR) is 89.8 cm³/mol. The molecule has 1 N–H and O–H groups in total. The van der Waals surface area contributed by atoms with Gasteiger partial charge in [-0.25, -0.2) is 9.97 Å². The van der Waals surface area contributed by atoms with Gasteiger partial charge in [0.15, 0.2) is 0 Å². The summed E-state index contributed by atoms with van der Waals surface area (Å²) in [4.78, 5) is 11.0. The molecule has 0 aromatic carbocycles. The van der Waals surface area contributed by atoms with Crippen LogP contribution in [0.2, 0.25) is 0 Å². The third-order valence-electron chi connectivity index (χ3n) is 3.08. The average molecular weight is 355 g/mol. The van der Waals surface area contributed by atoms with Gasteiger partial charge in [-0.2, -0.15) is 0 Å². The lowest BCUT2D eigenvalue weighted by molar-refractivity contribution is 0.811. The molecule has 0 amide bonds. The number of nitrogens with zero attached hydrogens (tertiary/aromatic N) is 3. The first-order valence-corrected chi connectivity index (χ1v) is 8.17. The molecule has 0 bridgehead atoms. The Labute approximate surface area is 132 Å². The molecule has 4 nitrogen and oxygen atoms in total. The summed E-state index contributed by atoms with van der Waals surface area (Å²) < 4.78 is 1.16. The van der Waals surface area contributed by atoms with E-state index in [1.807, 2.05) is 7.05 Å². The number of anilines is 2. The number of halogens is 1. The fourth-order valence-electron chi connectivity index (χ4n) is 2.20. The van der Waals surface area contributed by atoms with E-state index in [0.717, 1.165) is 27.5 Å². The van der Waals surface area contributed by atoms with E-state index in [4.69, 9.17) is 0 Å². The van der Waals surface area contributed by atoms with Gasteiger partial charge in [0.2, 0.25) is 0 Å². The van der Waals surface area contributed by atoms with Crippen LogP contribution in [0.15, 0.2) is 21.6 Å². The van der Waals surface area contributed by atoms with E-state index in [1.165, 1.54) is 5.56 Å². The molecule has 0 unspecified atom stereocenters. The minimum absolute atomic E-state index is 0.366. The first-order chi connectivity index (χ1) is 9.52. The number of rotatable bonds is 5. The molecule has 0 aliphatic rings. The zero-order chi connectivity index (χ0) is 14.7. The highest BCUT2D eigenvalue weighted by Gasteiger charge is 2.17. The highest BCUT2D eigenvalue weighted by atomic mass is 79.9. The van der Waals surface area contributed by atoms with E-state index >= 15 is 0 Å². The van der Waals surface area contributed by atoms with Crippen molar-refractivity contribution in [3.05, 3.63) is 32.7 Å². The molecule has 20 heavy (non-hydrogen) atoms. The molecule has 0 saturated heterocycles. The molecule has 0 radical (unpaired) electrons. The van der Waals surface area contributed by atoms with Crippen LogP contribution in [0.4, 0.5) is 11.6 Å². The number of hydrogen-bond donors (Lipinski definition) is 1. The molecular weight excluding hydrogens is 336 g/mol. The number of nitrogens with one attached hydrogen (secondary N) is 1. The van der Waals surface area contributed by atoms with Crippen LogP contribution >= 0.6 is 27.3 Å². The van der Waals surface area contributed by atoms with Crippen molar-refractivity contribution in [2.75, 3.05) is 24.3 Å². The Morgan fingerprint density at radius 1 is 1.40 bits per heavy atom. The molecule has 0 aliphatic heterocycles. The van der Waals surface area contributed by atoms with Gasteiger partial charge in [0.1, 0.15) is 18.0 Å². The average Bonchev–Trinajstić information content (AvgIpc) is 2.82. The summed E-state index contributed by atoms with van der Waals surface area (Å²) in [6.45, 7) is 5.16. The summed E-state index contributed by atoms with van der Waals surface area (Å²) in [5, 5.41) is 5.32. The third-order valence-corrected chi connectivity index (χ3v) is 4.63. The summed E-state index contributed by atoms with van der Waals surface area (Å²) in [5.74, 6) is 2.26. The lowest BCUT2D eigenvalue weighted by Crippen LogP contribution is -2.20. The fourth-order valence-corrected chi connectivity index (χ4v) is 3.40. The summed E-state index contributed by atoms with van der Waals surface area (Å²) >= 11 is 5.21. The summed E-state index contributed by atoms with van der Waals surface area (Å²) in [6.07, 6.45) is 1.62. The quantitative estimate of drug-likeness (QED) is 0.877. The largest absolute Gasteiger partial charge is 0.373 e. The van der Waals surface area contributed by atoms with Crippen LogP contribution in [0.3, 0.4) is 0 Å². The van der Waals surface area contributed by atoms with E-state index in [0.29, 0.717) is 5.92 Å². The lowest BCUT2D eigenvalue weighted by Gasteiger charge is -2.23. The third kappa shape index (κ3) is 3.30. The van der Waals surface area contributed by atoms with Crippen molar-refractivity contribution >= 4 is 38.9 Å². The molecule has 2 rings (SSSR count). The minimum atomic E-state index is 0.366. The van der Waals surface area contributed by atoms with E-state index in [9.17, 15) is 0 Å². The molecule has 2 heterocycles. The molecule has 6 heteroatoms. The van der Waals surface area contributed by atoms with E-state index < -0.39 is 0 Å². The first kappa shape index (κ1) is 15.3. The Morgan fingerprint density at radius 3 is 2.70 bits per heavy atom. The van der Waals surface area contributed by atoms with Gasteiger partial charge in [0.25, 0.3) is 0 Å². The van der Waals surface area contributed by atoms with Gasteiger partial charge in [-0.15, -0.1) is 11.3 Å². The molecule has 108 valence electrons. The second-order valence-electron chi connectivity index (χ2n) is 4.98. The van der Waals surface area contributed by atoms with Crippen LogP contribution in [0.1, 0.15) is 30.9 Å². The molecule has 2 aromatic rings. The van der Waals surface area contributed by atoms with Crippen LogP contribution < -0.4 is 10.2 Å². The van der Waals surface area contributed by atoms with Gasteiger partial charge in [-0.1, -0.05) is 13.8 Å². The zero-order valence-electron chi connectivity index (χ0n) is 12.1. The van der Waals surface area contributed by atoms with Gasteiger partial charge in [0, 0.05) is 26.2 Å². The first-order valence-electron chi connectivity index (χ1n) is 6.49. The monoisotopic (exact) mass is 354 g/mol. The van der Waals surface area contributed by atoms with Crippen LogP contribution in [0.5, 0.6) is 0 Å². The lowest BCUT2D eigenvalue weighted by atomic mass is 10.0. The van der Waals surface area contributed by atoms with Gasteiger partial charge >= 0.3 is 0 Å². The van der Waals surface area contributed by atoms with Gasteiger partial charge in [-0.05, 0) is 38.9 Å². The highest BCUT2D eigenvalue weighted by Crippen LogP contribution is 2.31. The smallest absolute Gasteiger partial charge is 0.137 e. The number of hydrogen-bond acceptors (Lipinski definition) is 5. The van der Waals surface area contributed by atoms with E-state index in [1.54, 1.807) is 17.7 Å². The van der Waals surface area contributed by atoms with Gasteiger partial charge in [-0.3, -0.25) is 0 Å². The maximum atomic E-state index is 4.48. The Hall–Kier alpha value is -1.14. The molecular formula is C14H19BrN4S. The topological polar surface area (TPSA) is 41.1 Å². The normalized spacial score (nSPS) is 10.9. The van der Waals surface area contributed by atoms with Crippen LogP contribution in [0.25, 0.3) is 0 Å². The van der Waals surface area contributed by atoms with Crippen molar-refractivity contribution in [1.82, 2.24) is 9.97 Å². The van der Waals surface area contributed by atoms with Gasteiger partial charge < -0.3 is 10.2 Å². The second-order valence-corrected chi connectivity index (χ2v) is 7.27. The number of thiophene rings is 1. The summed E-state index contributed by atoms with van der Waals surface area (Å²) in [7, 11) is 3.97. The van der Waals surface area contributed by atoms with E-state index in [-0.39, 0.29) is 0 Å². The maximum Gasteiger partial charge on any atom is 0.137 e. The molecule has 0 spiro atoms. The van der Waals surface area contributed by atoms with Crippen molar-refractivity contribution < 1.29 is 0 Å². The van der Waals surface area contributed by atoms with Crippen LogP contribution in [-0.4, -0.2) is 24.1 Å². The zero-order valence-corrected chi connectivity index (χ0v) is 14.5. The second kappa shape index (κ2) is 6.54. The Balaban J connectivity index is 2.31.